The van der Waals surface area contributed by atoms with Crippen molar-refractivity contribution in [3.8, 4) is 5.75 Å². The van der Waals surface area contributed by atoms with Gasteiger partial charge in [0.2, 0.25) is 0 Å². The van der Waals surface area contributed by atoms with E-state index in [0.29, 0.717) is 15.8 Å². The Kier molecular flexibility index (Phi) is 4.17. The molecule has 0 saturated heterocycles. The molecule has 0 bridgehead atoms. The van der Waals surface area contributed by atoms with Crippen LogP contribution in [0.1, 0.15) is 17.2 Å². The molecule has 2 aromatic carbocycles. The van der Waals surface area contributed by atoms with Gasteiger partial charge in [0.25, 0.3) is 0 Å². The van der Waals surface area contributed by atoms with Crippen LogP contribution in [0.3, 0.4) is 0 Å². The van der Waals surface area contributed by atoms with Crippen LogP contribution < -0.4 is 4.74 Å². The van der Waals surface area contributed by atoms with E-state index in [2.05, 4.69) is 15.9 Å². The summed E-state index contributed by atoms with van der Waals surface area (Å²) in [5.74, 6) is -1.65. The third kappa shape index (κ3) is 2.77. The van der Waals surface area contributed by atoms with Crippen LogP contribution in [0.4, 0.5) is 8.78 Å². The van der Waals surface area contributed by atoms with Gasteiger partial charge in [-0.2, -0.15) is 0 Å². The van der Waals surface area contributed by atoms with Gasteiger partial charge < -0.3 is 9.84 Å². The average molecular weight is 329 g/mol. The van der Waals surface area contributed by atoms with Crippen LogP contribution in [0, 0.1) is 11.6 Å². The maximum atomic E-state index is 13.7. The van der Waals surface area contributed by atoms with Crippen molar-refractivity contribution in [2.45, 2.75) is 6.10 Å². The maximum absolute atomic E-state index is 13.7. The molecule has 1 unspecified atom stereocenters. The van der Waals surface area contributed by atoms with Crippen LogP contribution in [0.15, 0.2) is 40.9 Å². The zero-order valence-electron chi connectivity index (χ0n) is 10.0. The lowest BCUT2D eigenvalue weighted by molar-refractivity contribution is 0.208. The van der Waals surface area contributed by atoms with Crippen molar-refractivity contribution in [2.75, 3.05) is 7.11 Å². The Balaban J connectivity index is 2.52. The first kappa shape index (κ1) is 14.0. The molecular weight excluding hydrogens is 318 g/mol. The number of aliphatic hydroxyl groups is 1. The van der Waals surface area contributed by atoms with E-state index in [9.17, 15) is 13.9 Å². The van der Waals surface area contributed by atoms with Crippen LogP contribution in [-0.2, 0) is 0 Å². The quantitative estimate of drug-likeness (QED) is 0.928. The Morgan fingerprint density at radius 3 is 2.58 bits per heavy atom. The van der Waals surface area contributed by atoms with E-state index in [4.69, 9.17) is 4.74 Å². The van der Waals surface area contributed by atoms with Crippen molar-refractivity contribution >= 4 is 15.9 Å². The summed E-state index contributed by atoms with van der Waals surface area (Å²) < 4.78 is 32.7. The van der Waals surface area contributed by atoms with E-state index in [1.165, 1.54) is 19.2 Å². The molecule has 0 radical (unpaired) electrons. The molecule has 0 amide bonds. The van der Waals surface area contributed by atoms with Gasteiger partial charge in [0.15, 0.2) is 11.6 Å². The number of hydrogen-bond donors (Lipinski definition) is 1. The molecule has 0 aliphatic heterocycles. The molecule has 0 spiro atoms. The first-order valence-electron chi connectivity index (χ1n) is 5.50. The third-order valence-corrected chi connectivity index (χ3v) is 3.26. The molecule has 0 aliphatic rings. The minimum atomic E-state index is -1.30. The second kappa shape index (κ2) is 5.67. The number of ether oxygens (including phenoxy) is 1. The lowest BCUT2D eigenvalue weighted by Gasteiger charge is -2.16. The fourth-order valence-corrected chi connectivity index (χ4v) is 2.20. The molecule has 1 N–H and O–H groups in total. The van der Waals surface area contributed by atoms with Crippen molar-refractivity contribution in [2.24, 2.45) is 0 Å². The number of hydrogen-bond acceptors (Lipinski definition) is 2. The Morgan fingerprint density at radius 1 is 1.16 bits per heavy atom. The monoisotopic (exact) mass is 328 g/mol. The van der Waals surface area contributed by atoms with Crippen molar-refractivity contribution in [1.82, 2.24) is 0 Å². The third-order valence-electron chi connectivity index (χ3n) is 2.76. The van der Waals surface area contributed by atoms with Crippen LogP contribution >= 0.6 is 15.9 Å². The minimum absolute atomic E-state index is 0.128. The number of methoxy groups -OCH3 is 1. The highest BCUT2D eigenvalue weighted by Gasteiger charge is 2.21. The molecule has 19 heavy (non-hydrogen) atoms. The van der Waals surface area contributed by atoms with Gasteiger partial charge in [-0.15, -0.1) is 0 Å². The summed E-state index contributed by atoms with van der Waals surface area (Å²) >= 11 is 3.26. The van der Waals surface area contributed by atoms with Crippen LogP contribution in [0.2, 0.25) is 0 Å². The second-order valence-electron chi connectivity index (χ2n) is 3.93. The van der Waals surface area contributed by atoms with E-state index < -0.39 is 17.7 Å². The van der Waals surface area contributed by atoms with Crippen LogP contribution in [0.5, 0.6) is 5.75 Å². The predicted octanol–water partition coefficient (Wildman–Crippen LogP) is 3.82. The molecule has 0 saturated carbocycles. The average Bonchev–Trinajstić information content (AvgIpc) is 2.41. The molecule has 0 fully saturated rings. The molecule has 2 rings (SSSR count). The molecule has 0 aromatic heterocycles. The van der Waals surface area contributed by atoms with E-state index in [1.807, 2.05) is 0 Å². The topological polar surface area (TPSA) is 29.5 Å². The Hall–Kier alpha value is -1.46. The van der Waals surface area contributed by atoms with E-state index in [0.717, 1.165) is 6.07 Å². The fourth-order valence-electron chi connectivity index (χ4n) is 1.82. The van der Waals surface area contributed by atoms with Gasteiger partial charge in [-0.3, -0.25) is 0 Å². The Labute approximate surface area is 117 Å². The molecule has 100 valence electrons. The molecule has 5 heteroatoms. The summed E-state index contributed by atoms with van der Waals surface area (Å²) in [5, 5.41) is 10.2. The Morgan fingerprint density at radius 2 is 1.89 bits per heavy atom. The van der Waals surface area contributed by atoms with E-state index in [-0.39, 0.29) is 5.56 Å². The number of halogens is 3. The summed E-state index contributed by atoms with van der Waals surface area (Å²) in [7, 11) is 1.45. The molecule has 1 atom stereocenters. The van der Waals surface area contributed by atoms with Gasteiger partial charge in [0, 0.05) is 15.6 Å². The minimum Gasteiger partial charge on any atom is -0.496 e. The van der Waals surface area contributed by atoms with Crippen molar-refractivity contribution in [3.63, 3.8) is 0 Å². The van der Waals surface area contributed by atoms with Crippen LogP contribution in [0.25, 0.3) is 0 Å². The molecule has 0 aliphatic carbocycles. The zero-order chi connectivity index (χ0) is 14.0. The van der Waals surface area contributed by atoms with Crippen LogP contribution in [-0.4, -0.2) is 12.2 Å². The lowest BCUT2D eigenvalue weighted by atomic mass is 10.00. The Bertz CT molecular complexity index is 602. The predicted molar refractivity (Wildman–Crippen MR) is 71.1 cm³/mol. The normalized spacial score (nSPS) is 12.3. The van der Waals surface area contributed by atoms with Crippen molar-refractivity contribution in [3.05, 3.63) is 63.6 Å². The van der Waals surface area contributed by atoms with Gasteiger partial charge in [-0.1, -0.05) is 28.1 Å². The number of aliphatic hydroxyl groups excluding tert-OH is 1. The first-order valence-corrected chi connectivity index (χ1v) is 6.29. The fraction of sp³-hybridized carbons (Fsp3) is 0.143. The zero-order valence-corrected chi connectivity index (χ0v) is 11.6. The smallest absolute Gasteiger partial charge is 0.164 e. The summed E-state index contributed by atoms with van der Waals surface area (Å²) in [4.78, 5) is 0. The van der Waals surface area contributed by atoms with Gasteiger partial charge >= 0.3 is 0 Å². The summed E-state index contributed by atoms with van der Waals surface area (Å²) in [5.41, 5.74) is 0.234. The molecular formula is C14H11BrF2O2. The van der Waals surface area contributed by atoms with Gasteiger partial charge in [0.1, 0.15) is 11.9 Å². The van der Waals surface area contributed by atoms with Crippen molar-refractivity contribution < 1.29 is 18.6 Å². The highest BCUT2D eigenvalue weighted by molar-refractivity contribution is 9.10. The van der Waals surface area contributed by atoms with Gasteiger partial charge in [0.05, 0.1) is 7.11 Å². The summed E-state index contributed by atoms with van der Waals surface area (Å²) in [6, 6.07) is 8.67. The van der Waals surface area contributed by atoms with Gasteiger partial charge in [-0.05, 0) is 24.3 Å². The SMILES string of the molecule is COc1ccc(Br)cc1C(O)c1cccc(F)c1F. The second-order valence-corrected chi connectivity index (χ2v) is 4.85. The van der Waals surface area contributed by atoms with Gasteiger partial charge in [-0.25, -0.2) is 8.78 Å². The summed E-state index contributed by atoms with van der Waals surface area (Å²) in [6.07, 6.45) is -1.30. The highest BCUT2D eigenvalue weighted by atomic mass is 79.9. The van der Waals surface area contributed by atoms with Crippen molar-refractivity contribution in [1.29, 1.82) is 0 Å². The summed E-state index contributed by atoms with van der Waals surface area (Å²) in [6.45, 7) is 0. The van der Waals surface area contributed by atoms with E-state index in [1.54, 1.807) is 18.2 Å². The van der Waals surface area contributed by atoms with E-state index >= 15 is 0 Å². The largest absolute Gasteiger partial charge is 0.496 e. The first-order chi connectivity index (χ1) is 9.04. The lowest BCUT2D eigenvalue weighted by Crippen LogP contribution is -2.06. The highest BCUT2D eigenvalue weighted by Crippen LogP contribution is 2.33. The molecule has 2 aromatic rings. The number of rotatable bonds is 3. The molecule has 2 nitrogen and oxygen atoms in total. The molecule has 0 heterocycles. The number of benzene rings is 2. The standard InChI is InChI=1S/C14H11BrF2O2/c1-19-12-6-5-8(15)7-10(12)14(18)9-3-2-4-11(16)13(9)17/h2-7,14,18H,1H3. The maximum Gasteiger partial charge on any atom is 0.164 e.